The molecule has 3 aromatic rings. The number of anilines is 3. The van der Waals surface area contributed by atoms with Crippen LogP contribution in [0.3, 0.4) is 0 Å². The summed E-state index contributed by atoms with van der Waals surface area (Å²) in [4.78, 5) is 8.75. The van der Waals surface area contributed by atoms with Crippen molar-refractivity contribution in [2.24, 2.45) is 0 Å². The van der Waals surface area contributed by atoms with Crippen molar-refractivity contribution in [3.8, 4) is 0 Å². The average molecular weight is 333 g/mol. The van der Waals surface area contributed by atoms with Crippen molar-refractivity contribution in [3.63, 3.8) is 0 Å². The van der Waals surface area contributed by atoms with Crippen molar-refractivity contribution in [2.45, 2.75) is 6.92 Å². The molecule has 7 heteroatoms. The molecule has 6 nitrogen and oxygen atoms in total. The molecule has 0 aliphatic heterocycles. The number of rotatable bonds is 3. The Labute approximate surface area is 124 Å². The van der Waals surface area contributed by atoms with E-state index >= 15 is 0 Å². The predicted octanol–water partition coefficient (Wildman–Crippen LogP) is 3.21. The highest BCUT2D eigenvalue weighted by Gasteiger charge is 2.10. The Morgan fingerprint density at radius 1 is 1.25 bits per heavy atom. The second kappa shape index (κ2) is 5.09. The zero-order valence-electron chi connectivity index (χ0n) is 11.0. The van der Waals surface area contributed by atoms with Crippen LogP contribution in [0.25, 0.3) is 11.0 Å². The largest absolute Gasteiger partial charge is 0.357 e. The Balaban J connectivity index is 2.07. The smallest absolute Gasteiger partial charge is 0.226 e. The van der Waals surface area contributed by atoms with Gasteiger partial charge in [-0.1, -0.05) is 15.9 Å². The molecule has 2 aromatic heterocycles. The fourth-order valence-electron chi connectivity index (χ4n) is 1.94. The Hall–Kier alpha value is -2.15. The monoisotopic (exact) mass is 332 g/mol. The fraction of sp³-hybridized carbons (Fsp3) is 0.154. The Morgan fingerprint density at radius 3 is 2.85 bits per heavy atom. The summed E-state index contributed by atoms with van der Waals surface area (Å²) in [5.41, 5.74) is 2.82. The van der Waals surface area contributed by atoms with E-state index in [0.717, 1.165) is 26.9 Å². The SMILES string of the molecule is CNc1nc(Nc2ccc(Br)cc2C)c2cn[nH]c2n1. The highest BCUT2D eigenvalue weighted by Crippen LogP contribution is 2.27. The molecule has 0 fully saturated rings. The highest BCUT2D eigenvalue weighted by atomic mass is 79.9. The number of fused-ring (bicyclic) bond motifs is 1. The van der Waals surface area contributed by atoms with Crippen LogP contribution < -0.4 is 10.6 Å². The topological polar surface area (TPSA) is 78.5 Å². The molecule has 0 aliphatic carbocycles. The van der Waals surface area contributed by atoms with Gasteiger partial charge in [-0.2, -0.15) is 15.1 Å². The third-order valence-corrected chi connectivity index (χ3v) is 3.47. The van der Waals surface area contributed by atoms with Gasteiger partial charge in [0.1, 0.15) is 5.82 Å². The van der Waals surface area contributed by atoms with Crippen LogP contribution in [-0.2, 0) is 0 Å². The van der Waals surface area contributed by atoms with Gasteiger partial charge in [0.25, 0.3) is 0 Å². The summed E-state index contributed by atoms with van der Waals surface area (Å²) in [7, 11) is 1.78. The second-order valence-electron chi connectivity index (χ2n) is 4.36. The van der Waals surface area contributed by atoms with Gasteiger partial charge >= 0.3 is 0 Å². The lowest BCUT2D eigenvalue weighted by molar-refractivity contribution is 1.09. The minimum Gasteiger partial charge on any atom is -0.357 e. The molecular weight excluding hydrogens is 320 g/mol. The number of benzene rings is 1. The number of aryl methyl sites for hydroxylation is 1. The van der Waals surface area contributed by atoms with Crippen molar-refractivity contribution in [2.75, 3.05) is 17.7 Å². The van der Waals surface area contributed by atoms with Crippen molar-refractivity contribution in [1.29, 1.82) is 0 Å². The van der Waals surface area contributed by atoms with Crippen LogP contribution in [0.5, 0.6) is 0 Å². The molecule has 0 atom stereocenters. The number of hydrogen-bond donors (Lipinski definition) is 3. The van der Waals surface area contributed by atoms with E-state index in [-0.39, 0.29) is 0 Å². The van der Waals surface area contributed by atoms with Gasteiger partial charge in [-0.3, -0.25) is 5.10 Å². The van der Waals surface area contributed by atoms with Crippen LogP contribution in [0.4, 0.5) is 17.5 Å². The van der Waals surface area contributed by atoms with Gasteiger partial charge in [0.2, 0.25) is 5.95 Å². The fourth-order valence-corrected chi connectivity index (χ4v) is 2.41. The van der Waals surface area contributed by atoms with E-state index in [9.17, 15) is 0 Å². The first-order valence-corrected chi connectivity index (χ1v) is 6.88. The molecule has 0 bridgehead atoms. The lowest BCUT2D eigenvalue weighted by Crippen LogP contribution is -2.02. The van der Waals surface area contributed by atoms with Gasteiger partial charge in [-0.05, 0) is 30.7 Å². The van der Waals surface area contributed by atoms with Crippen LogP contribution in [0.15, 0.2) is 28.9 Å². The average Bonchev–Trinajstić information content (AvgIpc) is 2.90. The van der Waals surface area contributed by atoms with E-state index in [0.29, 0.717) is 11.6 Å². The number of aromatic amines is 1. The third-order valence-electron chi connectivity index (χ3n) is 2.97. The standard InChI is InChI=1S/C13H13BrN6/c1-7-5-8(14)3-4-10(7)17-11-9-6-16-20-12(9)19-13(15-2)18-11/h3-6H,1-2H3,(H3,15,16,17,18,19,20). The molecule has 0 saturated carbocycles. The van der Waals surface area contributed by atoms with E-state index in [4.69, 9.17) is 0 Å². The van der Waals surface area contributed by atoms with Crippen molar-refractivity contribution < 1.29 is 0 Å². The number of nitrogens with zero attached hydrogens (tertiary/aromatic N) is 3. The molecule has 0 amide bonds. The number of nitrogens with one attached hydrogen (secondary N) is 3. The first kappa shape index (κ1) is 12.9. The minimum absolute atomic E-state index is 0.541. The molecule has 0 spiro atoms. The number of hydrogen-bond acceptors (Lipinski definition) is 5. The number of H-pyrrole nitrogens is 1. The van der Waals surface area contributed by atoms with Crippen LogP contribution >= 0.6 is 15.9 Å². The molecule has 1 aromatic carbocycles. The first-order valence-electron chi connectivity index (χ1n) is 6.09. The maximum atomic E-state index is 4.45. The number of aromatic nitrogens is 4. The highest BCUT2D eigenvalue weighted by molar-refractivity contribution is 9.10. The molecule has 2 heterocycles. The zero-order valence-corrected chi connectivity index (χ0v) is 12.6. The summed E-state index contributed by atoms with van der Waals surface area (Å²) in [6.45, 7) is 2.04. The van der Waals surface area contributed by atoms with Gasteiger partial charge in [-0.25, -0.2) is 0 Å². The van der Waals surface area contributed by atoms with Gasteiger partial charge in [0.15, 0.2) is 5.65 Å². The van der Waals surface area contributed by atoms with Crippen molar-refractivity contribution >= 4 is 44.4 Å². The molecule has 20 heavy (non-hydrogen) atoms. The van der Waals surface area contributed by atoms with E-state index in [1.165, 1.54) is 0 Å². The number of halogens is 1. The summed E-state index contributed by atoms with van der Waals surface area (Å²) in [6.07, 6.45) is 1.71. The summed E-state index contributed by atoms with van der Waals surface area (Å²) < 4.78 is 1.05. The van der Waals surface area contributed by atoms with Crippen LogP contribution in [0.2, 0.25) is 0 Å². The van der Waals surface area contributed by atoms with Gasteiger partial charge in [0, 0.05) is 17.2 Å². The summed E-state index contributed by atoms with van der Waals surface area (Å²) >= 11 is 3.46. The minimum atomic E-state index is 0.541. The Bertz CT molecular complexity index is 767. The third kappa shape index (κ3) is 2.32. The van der Waals surface area contributed by atoms with Gasteiger partial charge < -0.3 is 10.6 Å². The molecule has 3 rings (SSSR count). The normalized spacial score (nSPS) is 10.8. The van der Waals surface area contributed by atoms with Gasteiger partial charge in [-0.15, -0.1) is 0 Å². The van der Waals surface area contributed by atoms with Crippen LogP contribution in [0.1, 0.15) is 5.56 Å². The van der Waals surface area contributed by atoms with E-state index in [1.54, 1.807) is 13.2 Å². The maximum Gasteiger partial charge on any atom is 0.226 e. The molecule has 0 saturated heterocycles. The Morgan fingerprint density at radius 2 is 2.10 bits per heavy atom. The van der Waals surface area contributed by atoms with E-state index in [1.807, 2.05) is 19.1 Å². The zero-order chi connectivity index (χ0) is 14.1. The van der Waals surface area contributed by atoms with Crippen LogP contribution in [-0.4, -0.2) is 27.2 Å². The first-order chi connectivity index (χ1) is 9.67. The lowest BCUT2D eigenvalue weighted by Gasteiger charge is -2.11. The summed E-state index contributed by atoms with van der Waals surface area (Å²) in [6, 6.07) is 6.05. The molecule has 0 aliphatic rings. The molecular formula is C13H13BrN6. The quantitative estimate of drug-likeness (QED) is 0.686. The molecule has 0 radical (unpaired) electrons. The predicted molar refractivity (Wildman–Crippen MR) is 83.4 cm³/mol. The molecule has 0 unspecified atom stereocenters. The van der Waals surface area contributed by atoms with E-state index in [2.05, 4.69) is 52.8 Å². The van der Waals surface area contributed by atoms with Gasteiger partial charge in [0.05, 0.1) is 11.6 Å². The molecule has 3 N–H and O–H groups in total. The lowest BCUT2D eigenvalue weighted by atomic mass is 10.2. The second-order valence-corrected chi connectivity index (χ2v) is 5.28. The van der Waals surface area contributed by atoms with Crippen molar-refractivity contribution in [1.82, 2.24) is 20.2 Å². The van der Waals surface area contributed by atoms with E-state index < -0.39 is 0 Å². The summed E-state index contributed by atoms with van der Waals surface area (Å²) in [5.74, 6) is 1.26. The summed E-state index contributed by atoms with van der Waals surface area (Å²) in [5, 5.41) is 14.0. The Kier molecular flexibility index (Phi) is 3.27. The molecule has 102 valence electrons. The van der Waals surface area contributed by atoms with Crippen molar-refractivity contribution in [3.05, 3.63) is 34.4 Å². The maximum absolute atomic E-state index is 4.45. The van der Waals surface area contributed by atoms with Crippen LogP contribution in [0, 0.1) is 6.92 Å².